The molecule has 1 heterocycles. The quantitative estimate of drug-likeness (QED) is 0.138. The van der Waals surface area contributed by atoms with Crippen LogP contribution in [-0.2, 0) is 17.9 Å². The number of halogens is 1. The minimum Gasteiger partial charge on any atom is -0.497 e. The summed E-state index contributed by atoms with van der Waals surface area (Å²) >= 11 is 5.07. The largest absolute Gasteiger partial charge is 0.497 e. The number of hydrogen-bond donors (Lipinski definition) is 0. The van der Waals surface area contributed by atoms with Gasteiger partial charge in [-0.15, -0.1) is 0 Å². The molecule has 45 heavy (non-hydrogen) atoms. The molecule has 1 amide bonds. The molecule has 0 aliphatic carbocycles. The maximum absolute atomic E-state index is 13.8. The van der Waals surface area contributed by atoms with E-state index in [2.05, 4.69) is 40.2 Å². The molecule has 6 nitrogen and oxygen atoms in total. The molecule has 0 atom stereocenters. The lowest BCUT2D eigenvalue weighted by atomic mass is 10.1. The molecule has 0 bridgehead atoms. The summed E-state index contributed by atoms with van der Waals surface area (Å²) in [6.45, 7) is 3.17. The highest BCUT2D eigenvalue weighted by atomic mass is 79.9. The van der Waals surface area contributed by atoms with Crippen molar-refractivity contribution in [3.8, 4) is 17.2 Å². The summed E-state index contributed by atoms with van der Waals surface area (Å²) in [7, 11) is 1.64. The molecule has 1 fully saturated rings. The average Bonchev–Trinajstić information content (AvgIpc) is 3.34. The standard InChI is InChI=1S/C37H31BrN2O4S/c1-3-43-33-21-26(20-32(38)35(33)44-24-28-12-9-11-27-10-7-8-15-31(27)28)22-34-36(41)40(23-25-16-18-30(42-2)19-17-25)37(45-34)39-29-13-5-4-6-14-29/h4-22H,3,23-24H2,1-2H3/b34-22-,39-37?. The highest BCUT2D eigenvalue weighted by Gasteiger charge is 2.33. The molecule has 6 rings (SSSR count). The monoisotopic (exact) mass is 678 g/mol. The van der Waals surface area contributed by atoms with Crippen molar-refractivity contribution >= 4 is 61.3 Å². The average molecular weight is 680 g/mol. The lowest BCUT2D eigenvalue weighted by Crippen LogP contribution is -2.28. The second kappa shape index (κ2) is 14.1. The Kier molecular flexibility index (Phi) is 9.52. The minimum absolute atomic E-state index is 0.115. The van der Waals surface area contributed by atoms with Crippen LogP contribution < -0.4 is 14.2 Å². The summed E-state index contributed by atoms with van der Waals surface area (Å²) in [5.74, 6) is 1.86. The van der Waals surface area contributed by atoms with Crippen molar-refractivity contribution in [2.75, 3.05) is 13.7 Å². The van der Waals surface area contributed by atoms with E-state index in [9.17, 15) is 4.79 Å². The number of benzene rings is 5. The molecule has 1 aliphatic heterocycles. The first-order valence-corrected chi connectivity index (χ1v) is 16.2. The number of carbonyl (C=O) groups is 1. The third-order valence-corrected chi connectivity index (χ3v) is 8.85. The van der Waals surface area contributed by atoms with Gasteiger partial charge in [0, 0.05) is 0 Å². The van der Waals surface area contributed by atoms with Gasteiger partial charge in [0.15, 0.2) is 16.7 Å². The molecular formula is C37H31BrN2O4S. The minimum atomic E-state index is -0.115. The van der Waals surface area contributed by atoms with Gasteiger partial charge in [-0.2, -0.15) is 0 Å². The van der Waals surface area contributed by atoms with E-state index in [-0.39, 0.29) is 5.91 Å². The Morgan fingerprint density at radius 1 is 0.889 bits per heavy atom. The van der Waals surface area contributed by atoms with Crippen molar-refractivity contribution in [1.29, 1.82) is 0 Å². The molecule has 5 aromatic rings. The first kappa shape index (κ1) is 30.5. The molecule has 226 valence electrons. The van der Waals surface area contributed by atoms with Gasteiger partial charge in [-0.05, 0) is 105 Å². The van der Waals surface area contributed by atoms with E-state index in [1.54, 1.807) is 12.0 Å². The van der Waals surface area contributed by atoms with E-state index in [0.29, 0.717) is 41.3 Å². The summed E-state index contributed by atoms with van der Waals surface area (Å²) in [5, 5.41) is 2.94. The normalized spacial score (nSPS) is 14.8. The van der Waals surface area contributed by atoms with Gasteiger partial charge >= 0.3 is 0 Å². The van der Waals surface area contributed by atoms with Crippen LogP contribution in [0, 0.1) is 0 Å². The van der Waals surface area contributed by atoms with Crippen LogP contribution in [-0.4, -0.2) is 29.7 Å². The molecule has 0 N–H and O–H groups in total. The molecule has 0 aromatic heterocycles. The maximum Gasteiger partial charge on any atom is 0.267 e. The van der Waals surface area contributed by atoms with Gasteiger partial charge in [-0.1, -0.05) is 72.8 Å². The third kappa shape index (κ3) is 7.08. The third-order valence-electron chi connectivity index (χ3n) is 7.25. The van der Waals surface area contributed by atoms with Gasteiger partial charge < -0.3 is 14.2 Å². The van der Waals surface area contributed by atoms with Crippen molar-refractivity contribution in [3.63, 3.8) is 0 Å². The van der Waals surface area contributed by atoms with Crippen molar-refractivity contribution in [2.45, 2.75) is 20.1 Å². The van der Waals surface area contributed by atoms with Gasteiger partial charge in [0.25, 0.3) is 5.91 Å². The van der Waals surface area contributed by atoms with Crippen LogP contribution in [0.2, 0.25) is 0 Å². The van der Waals surface area contributed by atoms with E-state index >= 15 is 0 Å². The predicted molar refractivity (Wildman–Crippen MR) is 186 cm³/mol. The van der Waals surface area contributed by atoms with Crippen LogP contribution >= 0.6 is 27.7 Å². The van der Waals surface area contributed by atoms with Crippen molar-refractivity contribution in [2.24, 2.45) is 4.99 Å². The number of para-hydroxylation sites is 1. The molecule has 1 aliphatic rings. The zero-order valence-electron chi connectivity index (χ0n) is 24.9. The molecular weight excluding hydrogens is 648 g/mol. The van der Waals surface area contributed by atoms with Crippen LogP contribution in [0.5, 0.6) is 17.2 Å². The Hall–Kier alpha value is -4.53. The van der Waals surface area contributed by atoms with E-state index in [0.717, 1.165) is 38.0 Å². The van der Waals surface area contributed by atoms with E-state index in [1.165, 1.54) is 17.1 Å². The van der Waals surface area contributed by atoms with Crippen LogP contribution in [0.3, 0.4) is 0 Å². The number of carbonyl (C=O) groups excluding carboxylic acids is 1. The number of rotatable bonds is 10. The number of aliphatic imine (C=N–C) groups is 1. The second-order valence-electron chi connectivity index (χ2n) is 10.3. The van der Waals surface area contributed by atoms with Crippen LogP contribution in [0.4, 0.5) is 5.69 Å². The number of nitrogens with zero attached hydrogens (tertiary/aromatic N) is 2. The Morgan fingerprint density at radius 2 is 1.64 bits per heavy atom. The smallest absolute Gasteiger partial charge is 0.267 e. The molecule has 1 saturated heterocycles. The number of amides is 1. The number of amidine groups is 1. The number of methoxy groups -OCH3 is 1. The summed E-state index contributed by atoms with van der Waals surface area (Å²) in [6.07, 6.45) is 1.88. The number of ether oxygens (including phenoxy) is 3. The van der Waals surface area contributed by atoms with Crippen molar-refractivity contribution < 1.29 is 19.0 Å². The highest BCUT2D eigenvalue weighted by molar-refractivity contribution is 9.10. The molecule has 0 radical (unpaired) electrons. The number of thioether (sulfide) groups is 1. The fourth-order valence-corrected chi connectivity index (χ4v) is 6.62. The molecule has 5 aromatic carbocycles. The Bertz CT molecular complexity index is 1890. The Labute approximate surface area is 275 Å². The zero-order chi connectivity index (χ0) is 31.2. The highest BCUT2D eigenvalue weighted by Crippen LogP contribution is 2.41. The lowest BCUT2D eigenvalue weighted by molar-refractivity contribution is -0.122. The first-order chi connectivity index (χ1) is 22.0. The number of hydrogen-bond acceptors (Lipinski definition) is 6. The van der Waals surface area contributed by atoms with Crippen LogP contribution in [0.25, 0.3) is 16.8 Å². The fourth-order valence-electron chi connectivity index (χ4n) is 5.05. The van der Waals surface area contributed by atoms with E-state index < -0.39 is 0 Å². The molecule has 8 heteroatoms. The van der Waals surface area contributed by atoms with Crippen LogP contribution in [0.15, 0.2) is 124 Å². The van der Waals surface area contributed by atoms with E-state index in [1.807, 2.05) is 97.9 Å². The Morgan fingerprint density at radius 3 is 2.42 bits per heavy atom. The SMILES string of the molecule is CCOc1cc(/C=C2\SC(=Nc3ccccc3)N(Cc3ccc(OC)cc3)C2=O)cc(Br)c1OCc1cccc2ccccc12. The fraction of sp³-hybridized carbons (Fsp3) is 0.135. The van der Waals surface area contributed by atoms with E-state index in [4.69, 9.17) is 19.2 Å². The summed E-state index contributed by atoms with van der Waals surface area (Å²) in [5.41, 5.74) is 3.65. The van der Waals surface area contributed by atoms with Gasteiger partial charge in [-0.25, -0.2) is 4.99 Å². The molecule has 0 spiro atoms. The van der Waals surface area contributed by atoms with Crippen molar-refractivity contribution in [1.82, 2.24) is 4.90 Å². The summed E-state index contributed by atoms with van der Waals surface area (Å²) in [4.78, 5) is 20.9. The second-order valence-corrected chi connectivity index (χ2v) is 12.1. The predicted octanol–water partition coefficient (Wildman–Crippen LogP) is 9.39. The topological polar surface area (TPSA) is 60.4 Å². The van der Waals surface area contributed by atoms with Gasteiger partial charge in [0.2, 0.25) is 0 Å². The summed E-state index contributed by atoms with van der Waals surface area (Å²) < 4.78 is 18.4. The first-order valence-electron chi connectivity index (χ1n) is 14.6. The van der Waals surface area contributed by atoms with Crippen LogP contribution in [0.1, 0.15) is 23.6 Å². The van der Waals surface area contributed by atoms with Gasteiger partial charge in [0.05, 0.1) is 35.3 Å². The Balaban J connectivity index is 1.29. The maximum atomic E-state index is 13.8. The summed E-state index contributed by atoms with van der Waals surface area (Å²) in [6, 6.07) is 35.7. The van der Waals surface area contributed by atoms with Gasteiger partial charge in [0.1, 0.15) is 12.4 Å². The zero-order valence-corrected chi connectivity index (χ0v) is 27.3. The molecule has 0 unspecified atom stereocenters. The lowest BCUT2D eigenvalue weighted by Gasteiger charge is -2.16. The van der Waals surface area contributed by atoms with Gasteiger partial charge in [-0.3, -0.25) is 9.69 Å². The molecule has 0 saturated carbocycles. The number of fused-ring (bicyclic) bond motifs is 1. The van der Waals surface area contributed by atoms with Crippen molar-refractivity contribution in [3.05, 3.63) is 135 Å².